The summed E-state index contributed by atoms with van der Waals surface area (Å²) in [5.74, 6) is -0.590. The van der Waals surface area contributed by atoms with Gasteiger partial charge in [-0.1, -0.05) is 45.0 Å². The largest absolute Gasteiger partial charge is 0.454 e. The average Bonchev–Trinajstić information content (AvgIpc) is 3.40. The molecular weight excluding hydrogens is 487 g/mol. The van der Waals surface area contributed by atoms with Crippen LogP contribution in [-0.2, 0) is 13.2 Å². The molecule has 0 bridgehead atoms. The quantitative estimate of drug-likeness (QED) is 0.222. The van der Waals surface area contributed by atoms with E-state index < -0.39 is 23.7 Å². The molecule has 0 aliphatic carbocycles. The van der Waals surface area contributed by atoms with Crippen LogP contribution in [0.3, 0.4) is 0 Å². The first-order chi connectivity index (χ1) is 17.3. The molecule has 0 saturated heterocycles. The molecule has 0 aliphatic rings. The molecule has 4 aromatic rings. The molecule has 0 radical (unpaired) electrons. The predicted octanol–water partition coefficient (Wildman–Crippen LogP) is 6.09. The summed E-state index contributed by atoms with van der Waals surface area (Å²) in [5.41, 5.74) is 3.39. The summed E-state index contributed by atoms with van der Waals surface area (Å²) in [6.45, 7) is 5.92. The van der Waals surface area contributed by atoms with Crippen LogP contribution in [0.15, 0.2) is 65.1 Å². The number of rotatable bonds is 5. The predicted molar refractivity (Wildman–Crippen MR) is 131 cm³/mol. The number of hydrogen-bond acceptors (Lipinski definition) is 4. The third kappa shape index (κ3) is 5.24. The molecule has 1 unspecified atom stereocenters. The van der Waals surface area contributed by atoms with Crippen LogP contribution in [0.1, 0.15) is 58.8 Å². The smallest absolute Gasteiger partial charge is 0.416 e. The molecule has 0 spiro atoms. The first-order valence-electron chi connectivity index (χ1n) is 11.4. The number of benzene rings is 2. The maximum Gasteiger partial charge on any atom is 0.416 e. The Morgan fingerprint density at radius 2 is 1.57 bits per heavy atom. The van der Waals surface area contributed by atoms with Crippen LogP contribution in [0, 0.1) is 5.41 Å². The number of aromatic nitrogens is 1. The number of furan rings is 1. The molecule has 10 heteroatoms. The summed E-state index contributed by atoms with van der Waals surface area (Å²) >= 11 is 0. The molecule has 4 rings (SSSR count). The standard InChI is InChI=1S/C27H26F3N3O4/c1-26(2,3)23(16-5-7-17(8-6-16)24(34)32-36)31-25(35)20-14-22-19(33(20)4)13-21(37-22)15-9-11-18(12-10-15)27(28,29)30/h5-14,23,36H,1-4H3,(H,31,35)(H,32,34). The Morgan fingerprint density at radius 3 is 2.08 bits per heavy atom. The van der Waals surface area contributed by atoms with Gasteiger partial charge in [-0.2, -0.15) is 13.2 Å². The van der Waals surface area contributed by atoms with E-state index in [0.717, 1.165) is 17.7 Å². The average molecular weight is 514 g/mol. The molecular formula is C27H26F3N3O4. The number of fused-ring (bicyclic) bond motifs is 1. The van der Waals surface area contributed by atoms with Gasteiger partial charge in [0, 0.05) is 30.3 Å². The number of hydrogen-bond donors (Lipinski definition) is 3. The second kappa shape index (κ2) is 9.44. The van der Waals surface area contributed by atoms with Gasteiger partial charge in [0.05, 0.1) is 17.1 Å². The van der Waals surface area contributed by atoms with Crippen molar-refractivity contribution in [2.45, 2.75) is 33.0 Å². The van der Waals surface area contributed by atoms with E-state index in [-0.39, 0.29) is 16.9 Å². The molecule has 194 valence electrons. The highest BCUT2D eigenvalue weighted by molar-refractivity contribution is 5.98. The summed E-state index contributed by atoms with van der Waals surface area (Å²) in [4.78, 5) is 24.9. The summed E-state index contributed by atoms with van der Waals surface area (Å²) in [5, 5.41) is 11.9. The van der Waals surface area contributed by atoms with Crippen molar-refractivity contribution in [1.29, 1.82) is 0 Å². The van der Waals surface area contributed by atoms with Crippen LogP contribution < -0.4 is 10.8 Å². The molecule has 7 nitrogen and oxygen atoms in total. The van der Waals surface area contributed by atoms with Crippen molar-refractivity contribution in [3.8, 4) is 11.3 Å². The van der Waals surface area contributed by atoms with Gasteiger partial charge in [0.1, 0.15) is 11.5 Å². The molecule has 1 atom stereocenters. The fourth-order valence-corrected chi connectivity index (χ4v) is 4.19. The summed E-state index contributed by atoms with van der Waals surface area (Å²) < 4.78 is 46.1. The molecule has 0 aliphatic heterocycles. The molecule has 3 N–H and O–H groups in total. The molecule has 0 fully saturated rings. The van der Waals surface area contributed by atoms with Gasteiger partial charge in [0.2, 0.25) is 0 Å². The maximum atomic E-state index is 13.3. The third-order valence-corrected chi connectivity index (χ3v) is 6.21. The van der Waals surface area contributed by atoms with E-state index in [1.165, 1.54) is 12.1 Å². The van der Waals surface area contributed by atoms with E-state index in [4.69, 9.17) is 9.62 Å². The number of halogens is 3. The molecule has 2 heterocycles. The van der Waals surface area contributed by atoms with Gasteiger partial charge in [0.15, 0.2) is 5.58 Å². The van der Waals surface area contributed by atoms with Crippen molar-refractivity contribution >= 4 is 22.9 Å². The Hall–Kier alpha value is -4.05. The zero-order valence-corrected chi connectivity index (χ0v) is 20.6. The number of nitrogens with one attached hydrogen (secondary N) is 2. The second-order valence-electron chi connectivity index (χ2n) is 9.86. The van der Waals surface area contributed by atoms with E-state index in [1.54, 1.807) is 53.5 Å². The normalized spacial score (nSPS) is 13.0. The fraction of sp³-hybridized carbons (Fsp3) is 0.259. The first-order valence-corrected chi connectivity index (χ1v) is 11.4. The lowest BCUT2D eigenvalue weighted by Gasteiger charge is -2.32. The number of alkyl halides is 3. The molecule has 2 amide bonds. The number of carbonyl (C=O) groups is 2. The number of nitrogens with zero attached hydrogens (tertiary/aromatic N) is 1. The summed E-state index contributed by atoms with van der Waals surface area (Å²) in [7, 11) is 1.71. The van der Waals surface area contributed by atoms with Crippen molar-refractivity contribution in [2.75, 3.05) is 0 Å². The van der Waals surface area contributed by atoms with Gasteiger partial charge >= 0.3 is 6.18 Å². The Labute approximate surface area is 210 Å². The molecule has 2 aromatic heterocycles. The Bertz CT molecular complexity index is 1440. The summed E-state index contributed by atoms with van der Waals surface area (Å²) in [6.07, 6.45) is -4.42. The van der Waals surface area contributed by atoms with Crippen molar-refractivity contribution in [3.05, 3.63) is 83.0 Å². The Morgan fingerprint density at radius 1 is 0.946 bits per heavy atom. The van der Waals surface area contributed by atoms with Crippen molar-refractivity contribution in [3.63, 3.8) is 0 Å². The van der Waals surface area contributed by atoms with Gasteiger partial charge < -0.3 is 14.3 Å². The zero-order valence-electron chi connectivity index (χ0n) is 20.6. The van der Waals surface area contributed by atoms with Gasteiger partial charge in [-0.3, -0.25) is 14.8 Å². The minimum absolute atomic E-state index is 0.275. The van der Waals surface area contributed by atoms with E-state index in [1.807, 2.05) is 20.8 Å². The number of amides is 2. The maximum absolute atomic E-state index is 13.3. The van der Waals surface area contributed by atoms with Gasteiger partial charge in [-0.15, -0.1) is 0 Å². The van der Waals surface area contributed by atoms with Gasteiger partial charge in [0.25, 0.3) is 11.8 Å². The highest BCUT2D eigenvalue weighted by atomic mass is 19.4. The molecule has 0 saturated carbocycles. The van der Waals surface area contributed by atoms with E-state index in [2.05, 4.69) is 5.32 Å². The van der Waals surface area contributed by atoms with Crippen LogP contribution in [0.5, 0.6) is 0 Å². The summed E-state index contributed by atoms with van der Waals surface area (Å²) in [6, 6.07) is 14.1. The van der Waals surface area contributed by atoms with Crippen LogP contribution in [0.2, 0.25) is 0 Å². The lowest BCUT2D eigenvalue weighted by Crippen LogP contribution is -2.37. The lowest BCUT2D eigenvalue weighted by atomic mass is 9.82. The highest BCUT2D eigenvalue weighted by Crippen LogP contribution is 2.35. The molecule has 2 aromatic carbocycles. The minimum atomic E-state index is -4.42. The topological polar surface area (TPSA) is 96.5 Å². The Kier molecular flexibility index (Phi) is 6.64. The highest BCUT2D eigenvalue weighted by Gasteiger charge is 2.31. The van der Waals surface area contributed by atoms with Crippen molar-refractivity contribution in [2.24, 2.45) is 12.5 Å². The fourth-order valence-electron chi connectivity index (χ4n) is 4.19. The van der Waals surface area contributed by atoms with E-state index in [9.17, 15) is 22.8 Å². The zero-order chi connectivity index (χ0) is 27.1. The van der Waals surface area contributed by atoms with Gasteiger partial charge in [-0.05, 0) is 35.2 Å². The monoisotopic (exact) mass is 513 g/mol. The molecule has 37 heavy (non-hydrogen) atoms. The number of aryl methyl sites for hydroxylation is 1. The van der Waals surface area contributed by atoms with E-state index >= 15 is 0 Å². The Balaban J connectivity index is 1.59. The van der Waals surface area contributed by atoms with Crippen LogP contribution in [-0.4, -0.2) is 21.6 Å². The lowest BCUT2D eigenvalue weighted by molar-refractivity contribution is -0.137. The van der Waals surface area contributed by atoms with Gasteiger partial charge in [-0.25, -0.2) is 5.48 Å². The minimum Gasteiger partial charge on any atom is -0.454 e. The van der Waals surface area contributed by atoms with Crippen molar-refractivity contribution in [1.82, 2.24) is 15.4 Å². The third-order valence-electron chi connectivity index (χ3n) is 6.21. The van der Waals surface area contributed by atoms with Crippen LogP contribution >= 0.6 is 0 Å². The number of hydroxylamine groups is 1. The second-order valence-corrected chi connectivity index (χ2v) is 9.86. The van der Waals surface area contributed by atoms with Crippen LogP contribution in [0.4, 0.5) is 13.2 Å². The number of carbonyl (C=O) groups excluding carboxylic acids is 2. The van der Waals surface area contributed by atoms with E-state index in [0.29, 0.717) is 28.1 Å². The van der Waals surface area contributed by atoms with Crippen molar-refractivity contribution < 1.29 is 32.4 Å². The SMILES string of the molecule is Cn1c(C(=O)NC(c2ccc(C(=O)NO)cc2)C(C)(C)C)cc2oc(-c3ccc(C(F)(F)F)cc3)cc21. The first kappa shape index (κ1) is 26.0. The van der Waals surface area contributed by atoms with Crippen LogP contribution in [0.25, 0.3) is 22.4 Å².